The molecule has 2 rings (SSSR count). The van der Waals surface area contributed by atoms with Crippen molar-refractivity contribution in [2.75, 3.05) is 16.8 Å². The van der Waals surface area contributed by atoms with E-state index in [1.165, 1.54) is 0 Å². The van der Waals surface area contributed by atoms with E-state index in [4.69, 9.17) is 5.73 Å². The van der Waals surface area contributed by atoms with E-state index in [0.29, 0.717) is 18.5 Å². The third-order valence-corrected chi connectivity index (χ3v) is 5.54. The Balaban J connectivity index is 2.33. The zero-order valence-corrected chi connectivity index (χ0v) is 12.6. The summed E-state index contributed by atoms with van der Waals surface area (Å²) in [5.74, 6) is -0.764. The summed E-state index contributed by atoms with van der Waals surface area (Å²) in [5, 5.41) is 3.01. The van der Waals surface area contributed by atoms with Gasteiger partial charge in [0.2, 0.25) is 5.91 Å². The highest BCUT2D eigenvalue weighted by Gasteiger charge is 2.43. The van der Waals surface area contributed by atoms with Crippen LogP contribution in [-0.2, 0) is 14.6 Å². The van der Waals surface area contributed by atoms with Gasteiger partial charge in [-0.3, -0.25) is 4.79 Å². The van der Waals surface area contributed by atoms with Crippen LogP contribution in [0.25, 0.3) is 0 Å². The summed E-state index contributed by atoms with van der Waals surface area (Å²) >= 11 is 3.33. The third-order valence-electron chi connectivity index (χ3n) is 3.21. The summed E-state index contributed by atoms with van der Waals surface area (Å²) in [6, 6.07) is 7.21. The monoisotopic (exact) mass is 346 g/mol. The molecule has 1 atom stereocenters. The molecular formula is C12H15BrN2O3S. The number of nitrogens with one attached hydrogen (secondary N) is 1. The fourth-order valence-electron chi connectivity index (χ4n) is 2.31. The molecule has 7 heteroatoms. The van der Waals surface area contributed by atoms with Crippen LogP contribution in [0.3, 0.4) is 0 Å². The smallest absolute Gasteiger partial charge is 0.244 e. The number of anilines is 1. The maximum Gasteiger partial charge on any atom is 0.244 e. The van der Waals surface area contributed by atoms with Crippen molar-refractivity contribution in [1.82, 2.24) is 0 Å². The molecule has 19 heavy (non-hydrogen) atoms. The average molecular weight is 347 g/mol. The number of amides is 1. The lowest BCUT2D eigenvalue weighted by Crippen LogP contribution is -2.57. The van der Waals surface area contributed by atoms with Crippen LogP contribution in [0.15, 0.2) is 28.7 Å². The van der Waals surface area contributed by atoms with Gasteiger partial charge in [0, 0.05) is 10.2 Å². The molecular weight excluding hydrogens is 332 g/mol. The summed E-state index contributed by atoms with van der Waals surface area (Å²) < 4.78 is 24.4. The van der Waals surface area contributed by atoms with Gasteiger partial charge >= 0.3 is 0 Å². The number of carbonyl (C=O) groups is 1. The van der Waals surface area contributed by atoms with Gasteiger partial charge in [0.1, 0.15) is 5.54 Å². The Labute approximate surface area is 120 Å². The van der Waals surface area contributed by atoms with Gasteiger partial charge in [-0.1, -0.05) is 22.0 Å². The maximum atomic E-state index is 11.8. The Bertz CT molecular complexity index is 603. The van der Waals surface area contributed by atoms with E-state index < -0.39 is 21.3 Å². The molecule has 1 heterocycles. The second-order valence-electron chi connectivity index (χ2n) is 4.78. The van der Waals surface area contributed by atoms with Crippen molar-refractivity contribution >= 4 is 37.4 Å². The topological polar surface area (TPSA) is 89.3 Å². The van der Waals surface area contributed by atoms with E-state index in [2.05, 4.69) is 21.2 Å². The van der Waals surface area contributed by atoms with Crippen molar-refractivity contribution in [1.29, 1.82) is 0 Å². The van der Waals surface area contributed by atoms with Crippen molar-refractivity contribution in [3.8, 4) is 0 Å². The van der Waals surface area contributed by atoms with Crippen molar-refractivity contribution in [2.24, 2.45) is 5.73 Å². The van der Waals surface area contributed by atoms with Gasteiger partial charge in [-0.2, -0.15) is 0 Å². The Morgan fingerprint density at radius 2 is 2.16 bits per heavy atom. The van der Waals surface area contributed by atoms with E-state index in [9.17, 15) is 13.2 Å². The van der Waals surface area contributed by atoms with E-state index in [1.54, 1.807) is 18.2 Å². The molecule has 0 bridgehead atoms. The SMILES string of the molecule is NC(=O)C1(Nc2cccc(Br)c2)CCCS(=O)(=O)C1. The molecule has 3 N–H and O–H groups in total. The Kier molecular flexibility index (Phi) is 3.87. The number of halogens is 1. The van der Waals surface area contributed by atoms with Crippen LogP contribution >= 0.6 is 15.9 Å². The first-order valence-electron chi connectivity index (χ1n) is 5.87. The summed E-state index contributed by atoms with van der Waals surface area (Å²) in [5.41, 5.74) is 4.89. The number of sulfone groups is 1. The van der Waals surface area contributed by atoms with Crippen molar-refractivity contribution in [2.45, 2.75) is 18.4 Å². The maximum absolute atomic E-state index is 11.8. The minimum atomic E-state index is -3.24. The van der Waals surface area contributed by atoms with Crippen LogP contribution in [0, 0.1) is 0 Å². The summed E-state index contributed by atoms with van der Waals surface area (Å²) in [7, 11) is -3.24. The lowest BCUT2D eigenvalue weighted by molar-refractivity contribution is -0.122. The molecule has 0 aromatic heterocycles. The standard InChI is InChI=1S/C12H15BrN2O3S/c13-9-3-1-4-10(7-9)15-12(11(14)16)5-2-6-19(17,18)8-12/h1,3-4,7,15H,2,5-6,8H2,(H2,14,16). The molecule has 1 unspecified atom stereocenters. The van der Waals surface area contributed by atoms with Crippen molar-refractivity contribution in [3.05, 3.63) is 28.7 Å². The quantitative estimate of drug-likeness (QED) is 0.862. The Morgan fingerprint density at radius 1 is 1.42 bits per heavy atom. The molecule has 0 saturated carbocycles. The van der Waals surface area contributed by atoms with Gasteiger partial charge in [0.15, 0.2) is 9.84 Å². The van der Waals surface area contributed by atoms with Crippen molar-refractivity contribution in [3.63, 3.8) is 0 Å². The highest BCUT2D eigenvalue weighted by Crippen LogP contribution is 2.28. The molecule has 1 amide bonds. The van der Waals surface area contributed by atoms with Gasteiger partial charge in [0.25, 0.3) is 0 Å². The first-order valence-corrected chi connectivity index (χ1v) is 8.49. The van der Waals surface area contributed by atoms with Gasteiger partial charge < -0.3 is 11.1 Å². The number of primary amides is 1. The molecule has 0 spiro atoms. The number of rotatable bonds is 3. The predicted octanol–water partition coefficient (Wildman–Crippen LogP) is 1.29. The van der Waals surface area contributed by atoms with E-state index in [0.717, 1.165) is 4.47 Å². The number of hydrogen-bond donors (Lipinski definition) is 2. The lowest BCUT2D eigenvalue weighted by Gasteiger charge is -2.35. The molecule has 1 aromatic carbocycles. The molecule has 1 aliphatic heterocycles. The Morgan fingerprint density at radius 3 is 2.74 bits per heavy atom. The molecule has 1 aliphatic rings. The minimum absolute atomic E-state index is 0.113. The zero-order valence-electron chi connectivity index (χ0n) is 10.2. The molecule has 0 aliphatic carbocycles. The number of nitrogens with two attached hydrogens (primary N) is 1. The van der Waals surface area contributed by atoms with Crippen LogP contribution in [-0.4, -0.2) is 31.4 Å². The van der Waals surface area contributed by atoms with Gasteiger partial charge in [0.05, 0.1) is 11.5 Å². The van der Waals surface area contributed by atoms with E-state index in [-0.39, 0.29) is 11.5 Å². The van der Waals surface area contributed by atoms with Crippen LogP contribution in [0.5, 0.6) is 0 Å². The summed E-state index contributed by atoms with van der Waals surface area (Å²) in [6.45, 7) is 0. The highest BCUT2D eigenvalue weighted by molar-refractivity contribution is 9.10. The summed E-state index contributed by atoms with van der Waals surface area (Å²) in [6.07, 6.45) is 0.861. The second-order valence-corrected chi connectivity index (χ2v) is 7.88. The van der Waals surface area contributed by atoms with Crippen molar-refractivity contribution < 1.29 is 13.2 Å². The number of hydrogen-bond acceptors (Lipinski definition) is 4. The fraction of sp³-hybridized carbons (Fsp3) is 0.417. The molecule has 1 aromatic rings. The van der Waals surface area contributed by atoms with Crippen LogP contribution in [0.1, 0.15) is 12.8 Å². The second kappa shape index (κ2) is 5.13. The first kappa shape index (κ1) is 14.3. The third kappa shape index (κ3) is 3.27. The van der Waals surface area contributed by atoms with Crippen LogP contribution in [0.2, 0.25) is 0 Å². The van der Waals surface area contributed by atoms with E-state index >= 15 is 0 Å². The van der Waals surface area contributed by atoms with Crippen LogP contribution < -0.4 is 11.1 Å². The molecule has 1 saturated heterocycles. The Hall–Kier alpha value is -1.08. The lowest BCUT2D eigenvalue weighted by atomic mass is 9.94. The van der Waals surface area contributed by atoms with E-state index in [1.807, 2.05) is 6.07 Å². The minimum Gasteiger partial charge on any atom is -0.370 e. The number of carbonyl (C=O) groups excluding carboxylic acids is 1. The summed E-state index contributed by atoms with van der Waals surface area (Å²) in [4.78, 5) is 11.7. The van der Waals surface area contributed by atoms with Crippen LogP contribution in [0.4, 0.5) is 5.69 Å². The first-order chi connectivity index (χ1) is 8.83. The van der Waals surface area contributed by atoms with Gasteiger partial charge in [-0.05, 0) is 31.0 Å². The zero-order chi connectivity index (χ0) is 14.1. The molecule has 104 valence electrons. The molecule has 0 radical (unpaired) electrons. The van der Waals surface area contributed by atoms with Gasteiger partial charge in [-0.15, -0.1) is 0 Å². The largest absolute Gasteiger partial charge is 0.370 e. The average Bonchev–Trinajstić information content (AvgIpc) is 2.27. The highest BCUT2D eigenvalue weighted by atomic mass is 79.9. The normalized spacial score (nSPS) is 25.7. The molecule has 1 fully saturated rings. The molecule has 5 nitrogen and oxygen atoms in total. The number of benzene rings is 1. The fourth-order valence-corrected chi connectivity index (χ4v) is 4.55. The van der Waals surface area contributed by atoms with Gasteiger partial charge in [-0.25, -0.2) is 8.42 Å². The predicted molar refractivity (Wildman–Crippen MR) is 77.6 cm³/mol.